The Labute approximate surface area is 120 Å². The molecule has 3 aromatic rings. The molecule has 0 N–H and O–H groups in total. The van der Waals surface area contributed by atoms with Crippen molar-refractivity contribution in [2.75, 3.05) is 0 Å². The largest absolute Gasteiger partial charge is 0.248 e. The van der Waals surface area contributed by atoms with Crippen LogP contribution in [0.1, 0.15) is 25.0 Å². The first kappa shape index (κ1) is 12.9. The Morgan fingerprint density at radius 2 is 1.65 bits per heavy atom. The highest BCUT2D eigenvalue weighted by atomic mass is 14.7. The summed E-state index contributed by atoms with van der Waals surface area (Å²) in [5.74, 6) is 0. The average molecular weight is 261 g/mol. The zero-order chi connectivity index (χ0) is 13.9. The van der Waals surface area contributed by atoms with Crippen LogP contribution in [0.2, 0.25) is 0 Å². The minimum atomic E-state index is 1.05. The van der Waals surface area contributed by atoms with Crippen molar-refractivity contribution in [3.63, 3.8) is 0 Å². The van der Waals surface area contributed by atoms with E-state index in [1.807, 2.05) is 6.07 Å². The van der Waals surface area contributed by atoms with Gasteiger partial charge in [0.25, 0.3) is 0 Å². The summed E-state index contributed by atoms with van der Waals surface area (Å²) in [5, 5.41) is 1.28. The Hall–Kier alpha value is -2.15. The summed E-state index contributed by atoms with van der Waals surface area (Å²) in [4.78, 5) is 4.86. The van der Waals surface area contributed by atoms with Crippen molar-refractivity contribution in [3.8, 4) is 11.3 Å². The fourth-order valence-electron chi connectivity index (χ4n) is 2.64. The summed E-state index contributed by atoms with van der Waals surface area (Å²) in [5.41, 5.74) is 6.10. The molecule has 0 aliphatic rings. The first-order valence-electron chi connectivity index (χ1n) is 7.29. The maximum absolute atomic E-state index is 4.86. The predicted molar refractivity (Wildman–Crippen MR) is 85.9 cm³/mol. The van der Waals surface area contributed by atoms with Crippen molar-refractivity contribution in [3.05, 3.63) is 65.7 Å². The van der Waals surface area contributed by atoms with Crippen LogP contribution in [0.4, 0.5) is 0 Å². The van der Waals surface area contributed by atoms with Crippen molar-refractivity contribution in [1.29, 1.82) is 0 Å². The van der Waals surface area contributed by atoms with Gasteiger partial charge >= 0.3 is 0 Å². The minimum absolute atomic E-state index is 1.05. The Morgan fingerprint density at radius 1 is 0.850 bits per heavy atom. The summed E-state index contributed by atoms with van der Waals surface area (Å²) in [6.07, 6.45) is 2.11. The van der Waals surface area contributed by atoms with Crippen LogP contribution in [-0.2, 0) is 12.8 Å². The maximum Gasteiger partial charge on any atom is 0.0715 e. The van der Waals surface area contributed by atoms with E-state index in [-0.39, 0.29) is 0 Å². The lowest BCUT2D eigenvalue weighted by molar-refractivity contribution is 1.10. The molecule has 100 valence electrons. The zero-order valence-electron chi connectivity index (χ0n) is 12.1. The smallest absolute Gasteiger partial charge is 0.0715 e. The third-order valence-corrected chi connectivity index (χ3v) is 3.81. The molecule has 0 atom stereocenters. The number of hydrogen-bond acceptors (Lipinski definition) is 1. The van der Waals surface area contributed by atoms with Gasteiger partial charge in [-0.25, -0.2) is 4.98 Å². The van der Waals surface area contributed by atoms with Gasteiger partial charge in [0.1, 0.15) is 0 Å². The normalized spacial score (nSPS) is 10.9. The molecule has 0 unspecified atom stereocenters. The lowest BCUT2D eigenvalue weighted by atomic mass is 10.00. The average Bonchev–Trinajstić information content (AvgIpc) is 2.54. The van der Waals surface area contributed by atoms with Gasteiger partial charge in [0, 0.05) is 10.9 Å². The van der Waals surface area contributed by atoms with E-state index in [1.165, 1.54) is 22.1 Å². The molecule has 0 spiro atoms. The number of benzene rings is 2. The van der Waals surface area contributed by atoms with Crippen LogP contribution >= 0.6 is 0 Å². The van der Waals surface area contributed by atoms with E-state index >= 15 is 0 Å². The van der Waals surface area contributed by atoms with Crippen LogP contribution in [0.5, 0.6) is 0 Å². The van der Waals surface area contributed by atoms with Gasteiger partial charge in [-0.3, -0.25) is 0 Å². The molecule has 1 nitrogen and oxygen atoms in total. The van der Waals surface area contributed by atoms with E-state index in [0.717, 1.165) is 24.1 Å². The fraction of sp³-hybridized carbons (Fsp3) is 0.211. The molecule has 1 heterocycles. The number of rotatable bonds is 3. The topological polar surface area (TPSA) is 12.9 Å². The van der Waals surface area contributed by atoms with E-state index in [9.17, 15) is 0 Å². The summed E-state index contributed by atoms with van der Waals surface area (Å²) in [6, 6.07) is 19.2. The second kappa shape index (κ2) is 5.46. The van der Waals surface area contributed by atoms with Gasteiger partial charge < -0.3 is 0 Å². The Bertz CT molecular complexity index is 729. The molecular weight excluding hydrogens is 242 g/mol. The van der Waals surface area contributed by atoms with E-state index < -0.39 is 0 Å². The van der Waals surface area contributed by atoms with Crippen LogP contribution in [0, 0.1) is 0 Å². The summed E-state index contributed by atoms with van der Waals surface area (Å²) < 4.78 is 0. The Balaban J connectivity index is 2.20. The molecule has 20 heavy (non-hydrogen) atoms. The van der Waals surface area contributed by atoms with Crippen LogP contribution < -0.4 is 0 Å². The van der Waals surface area contributed by atoms with Gasteiger partial charge in [-0.1, -0.05) is 56.3 Å². The summed E-state index contributed by atoms with van der Waals surface area (Å²) in [7, 11) is 0. The van der Waals surface area contributed by atoms with Gasteiger partial charge in [0.2, 0.25) is 0 Å². The molecular formula is C19H19N. The number of aromatic nitrogens is 1. The van der Waals surface area contributed by atoms with E-state index in [2.05, 4.69) is 62.4 Å². The summed E-state index contributed by atoms with van der Waals surface area (Å²) in [6.45, 7) is 4.40. The van der Waals surface area contributed by atoms with E-state index in [1.54, 1.807) is 0 Å². The second-order valence-corrected chi connectivity index (χ2v) is 5.09. The quantitative estimate of drug-likeness (QED) is 0.644. The van der Waals surface area contributed by atoms with Crippen molar-refractivity contribution < 1.29 is 0 Å². The van der Waals surface area contributed by atoms with Gasteiger partial charge in [0.05, 0.1) is 11.2 Å². The lowest BCUT2D eigenvalue weighted by Gasteiger charge is -2.09. The van der Waals surface area contributed by atoms with Gasteiger partial charge in [-0.05, 0) is 36.1 Å². The highest BCUT2D eigenvalue weighted by Crippen LogP contribution is 2.25. The van der Waals surface area contributed by atoms with Crippen LogP contribution in [-0.4, -0.2) is 4.98 Å². The van der Waals surface area contributed by atoms with Crippen LogP contribution in [0.3, 0.4) is 0 Å². The van der Waals surface area contributed by atoms with Gasteiger partial charge in [-0.2, -0.15) is 0 Å². The van der Waals surface area contributed by atoms with Crippen molar-refractivity contribution in [2.45, 2.75) is 26.7 Å². The molecule has 3 rings (SSSR count). The third-order valence-electron chi connectivity index (χ3n) is 3.81. The first-order valence-corrected chi connectivity index (χ1v) is 7.29. The SMILES string of the molecule is CCc1cc(CC)c2ccc(-c3ccccc3)nc2c1. The molecule has 0 saturated carbocycles. The lowest BCUT2D eigenvalue weighted by Crippen LogP contribution is -1.92. The molecule has 0 aliphatic carbocycles. The van der Waals surface area contributed by atoms with Crippen LogP contribution in [0.25, 0.3) is 22.2 Å². The number of aryl methyl sites for hydroxylation is 2. The molecule has 0 aliphatic heterocycles. The number of nitrogens with zero attached hydrogens (tertiary/aromatic N) is 1. The molecule has 0 amide bonds. The zero-order valence-corrected chi connectivity index (χ0v) is 12.1. The standard InChI is InChI=1S/C19H19N/c1-3-14-12-15(4-2)17-10-11-18(20-19(17)13-14)16-8-6-5-7-9-16/h5-13H,3-4H2,1-2H3. The highest BCUT2D eigenvalue weighted by Gasteiger charge is 2.06. The Kier molecular flexibility index (Phi) is 3.51. The fourth-order valence-corrected chi connectivity index (χ4v) is 2.64. The number of fused-ring (bicyclic) bond motifs is 1. The molecule has 2 aromatic carbocycles. The maximum atomic E-state index is 4.86. The molecule has 0 bridgehead atoms. The molecule has 1 heteroatoms. The number of pyridine rings is 1. The van der Waals surface area contributed by atoms with Crippen LogP contribution in [0.15, 0.2) is 54.6 Å². The van der Waals surface area contributed by atoms with Gasteiger partial charge in [0.15, 0.2) is 0 Å². The van der Waals surface area contributed by atoms with Crippen molar-refractivity contribution in [2.24, 2.45) is 0 Å². The summed E-state index contributed by atoms with van der Waals surface area (Å²) >= 11 is 0. The first-order chi connectivity index (χ1) is 9.81. The minimum Gasteiger partial charge on any atom is -0.248 e. The van der Waals surface area contributed by atoms with E-state index in [0.29, 0.717) is 0 Å². The molecule has 1 aromatic heterocycles. The third kappa shape index (κ3) is 2.32. The van der Waals surface area contributed by atoms with E-state index in [4.69, 9.17) is 4.98 Å². The highest BCUT2D eigenvalue weighted by molar-refractivity contribution is 5.85. The van der Waals surface area contributed by atoms with Gasteiger partial charge in [-0.15, -0.1) is 0 Å². The number of hydrogen-bond donors (Lipinski definition) is 0. The predicted octanol–water partition coefficient (Wildman–Crippen LogP) is 5.03. The second-order valence-electron chi connectivity index (χ2n) is 5.09. The van der Waals surface area contributed by atoms with Crippen molar-refractivity contribution >= 4 is 10.9 Å². The molecule has 0 saturated heterocycles. The van der Waals surface area contributed by atoms with Crippen molar-refractivity contribution in [1.82, 2.24) is 4.98 Å². The monoisotopic (exact) mass is 261 g/mol. The molecule has 0 fully saturated rings. The Morgan fingerprint density at radius 3 is 2.35 bits per heavy atom. The molecule has 0 radical (unpaired) electrons.